The molecule has 0 fully saturated rings. The highest BCUT2D eigenvalue weighted by Gasteiger charge is 2.09. The van der Waals surface area contributed by atoms with Gasteiger partial charge in [0, 0.05) is 35.4 Å². The first-order chi connectivity index (χ1) is 9.54. The van der Waals surface area contributed by atoms with Gasteiger partial charge in [-0.1, -0.05) is 13.8 Å². The summed E-state index contributed by atoms with van der Waals surface area (Å²) in [5, 5.41) is 7.87. The van der Waals surface area contributed by atoms with Gasteiger partial charge in [0.25, 0.3) is 0 Å². The van der Waals surface area contributed by atoms with E-state index in [2.05, 4.69) is 60.9 Å². The van der Waals surface area contributed by atoms with Crippen molar-refractivity contribution in [3.8, 4) is 0 Å². The van der Waals surface area contributed by atoms with E-state index in [9.17, 15) is 0 Å². The van der Waals surface area contributed by atoms with Crippen LogP contribution in [0.15, 0.2) is 22.9 Å². The molecular formula is C16H24N2S2. The Hall–Kier alpha value is -0.680. The van der Waals surface area contributed by atoms with Gasteiger partial charge in [0.05, 0.1) is 0 Å². The number of hydrogen-bond acceptors (Lipinski definition) is 4. The summed E-state index contributed by atoms with van der Waals surface area (Å²) < 4.78 is 0. The van der Waals surface area contributed by atoms with Crippen molar-refractivity contribution in [2.75, 3.05) is 7.05 Å². The lowest BCUT2D eigenvalue weighted by atomic mass is 10.2. The molecule has 0 saturated heterocycles. The Morgan fingerprint density at radius 1 is 1.30 bits per heavy atom. The molecule has 1 N–H and O–H groups in total. The van der Waals surface area contributed by atoms with E-state index >= 15 is 0 Å². The minimum absolute atomic E-state index is 0.544. The molecule has 2 aromatic heterocycles. The van der Waals surface area contributed by atoms with Crippen LogP contribution in [-0.2, 0) is 19.6 Å². The maximum absolute atomic E-state index is 3.49. The van der Waals surface area contributed by atoms with Crippen LogP contribution < -0.4 is 5.32 Å². The molecule has 0 aromatic carbocycles. The van der Waals surface area contributed by atoms with E-state index in [1.54, 1.807) is 11.3 Å². The first-order valence-electron chi connectivity index (χ1n) is 7.05. The summed E-state index contributed by atoms with van der Waals surface area (Å²) in [5.41, 5.74) is 2.88. The molecule has 20 heavy (non-hydrogen) atoms. The Morgan fingerprint density at radius 3 is 2.75 bits per heavy atom. The highest BCUT2D eigenvalue weighted by molar-refractivity contribution is 7.12. The maximum Gasteiger partial charge on any atom is 0.0302 e. The standard InChI is InChI=1S/C16H24N2S2/c1-12(2)17-8-16-7-15(13(3)20-16)10-18(4)9-14-5-6-19-11-14/h5-7,11-12,17H,8-10H2,1-4H3. The quantitative estimate of drug-likeness (QED) is 0.822. The Bertz CT molecular complexity index is 515. The van der Waals surface area contributed by atoms with Crippen LogP contribution in [0.4, 0.5) is 0 Å². The van der Waals surface area contributed by atoms with E-state index in [-0.39, 0.29) is 0 Å². The van der Waals surface area contributed by atoms with Crippen molar-refractivity contribution < 1.29 is 0 Å². The molecule has 0 amide bonds. The van der Waals surface area contributed by atoms with Gasteiger partial charge in [-0.15, -0.1) is 11.3 Å². The number of thiophene rings is 2. The first-order valence-corrected chi connectivity index (χ1v) is 8.81. The summed E-state index contributed by atoms with van der Waals surface area (Å²) >= 11 is 3.69. The van der Waals surface area contributed by atoms with Crippen LogP contribution in [0.2, 0.25) is 0 Å². The molecule has 0 aliphatic rings. The zero-order valence-corrected chi connectivity index (χ0v) is 14.4. The van der Waals surface area contributed by atoms with Crippen molar-refractivity contribution in [2.45, 2.75) is 46.4 Å². The smallest absolute Gasteiger partial charge is 0.0302 e. The second-order valence-corrected chi connectivity index (χ2v) is 7.75. The van der Waals surface area contributed by atoms with Gasteiger partial charge in [0.2, 0.25) is 0 Å². The van der Waals surface area contributed by atoms with Crippen LogP contribution in [-0.4, -0.2) is 18.0 Å². The lowest BCUT2D eigenvalue weighted by Crippen LogP contribution is -2.21. The minimum Gasteiger partial charge on any atom is -0.310 e. The highest BCUT2D eigenvalue weighted by Crippen LogP contribution is 2.23. The van der Waals surface area contributed by atoms with Gasteiger partial charge in [0.1, 0.15) is 0 Å². The fourth-order valence-electron chi connectivity index (χ4n) is 2.18. The fraction of sp³-hybridized carbons (Fsp3) is 0.500. The predicted molar refractivity (Wildman–Crippen MR) is 90.5 cm³/mol. The lowest BCUT2D eigenvalue weighted by Gasteiger charge is -2.15. The molecule has 0 radical (unpaired) electrons. The fourth-order valence-corrected chi connectivity index (χ4v) is 3.84. The largest absolute Gasteiger partial charge is 0.310 e. The summed E-state index contributed by atoms with van der Waals surface area (Å²) in [7, 11) is 2.20. The number of hydrogen-bond donors (Lipinski definition) is 1. The van der Waals surface area contributed by atoms with E-state index < -0.39 is 0 Å². The zero-order chi connectivity index (χ0) is 14.5. The van der Waals surface area contributed by atoms with Crippen LogP contribution >= 0.6 is 22.7 Å². The van der Waals surface area contributed by atoms with Gasteiger partial charge in [-0.3, -0.25) is 4.90 Å². The molecule has 110 valence electrons. The molecule has 0 aliphatic carbocycles. The van der Waals surface area contributed by atoms with Gasteiger partial charge in [-0.05, 0) is 48.0 Å². The van der Waals surface area contributed by atoms with Crippen LogP contribution in [0.25, 0.3) is 0 Å². The average molecular weight is 309 g/mol. The minimum atomic E-state index is 0.544. The molecule has 4 heteroatoms. The molecular weight excluding hydrogens is 284 g/mol. The Balaban J connectivity index is 1.91. The molecule has 0 spiro atoms. The monoisotopic (exact) mass is 308 g/mol. The zero-order valence-electron chi connectivity index (χ0n) is 12.8. The molecule has 0 aliphatic heterocycles. The first kappa shape index (κ1) is 15.7. The Morgan fingerprint density at radius 2 is 2.10 bits per heavy atom. The van der Waals surface area contributed by atoms with Crippen LogP contribution in [0, 0.1) is 6.92 Å². The van der Waals surface area contributed by atoms with Gasteiger partial charge in [-0.2, -0.15) is 11.3 Å². The Kier molecular flexibility index (Phi) is 5.78. The van der Waals surface area contributed by atoms with Crippen LogP contribution in [0.1, 0.15) is 34.7 Å². The van der Waals surface area contributed by atoms with E-state index in [1.807, 2.05) is 11.3 Å². The SMILES string of the molecule is Cc1sc(CNC(C)C)cc1CN(C)Cc1ccsc1. The van der Waals surface area contributed by atoms with Crippen molar-refractivity contribution in [1.82, 2.24) is 10.2 Å². The number of aryl methyl sites for hydroxylation is 1. The third-order valence-electron chi connectivity index (χ3n) is 3.23. The molecule has 0 saturated carbocycles. The second-order valence-electron chi connectivity index (χ2n) is 5.63. The van der Waals surface area contributed by atoms with Gasteiger partial charge in [-0.25, -0.2) is 0 Å². The molecule has 0 atom stereocenters. The highest BCUT2D eigenvalue weighted by atomic mass is 32.1. The molecule has 2 heterocycles. The number of rotatable bonds is 7. The average Bonchev–Trinajstić information content (AvgIpc) is 2.98. The van der Waals surface area contributed by atoms with Crippen LogP contribution in [0.3, 0.4) is 0 Å². The molecule has 2 nitrogen and oxygen atoms in total. The van der Waals surface area contributed by atoms with Gasteiger partial charge >= 0.3 is 0 Å². The molecule has 2 rings (SSSR count). The van der Waals surface area contributed by atoms with Gasteiger partial charge < -0.3 is 5.32 Å². The van der Waals surface area contributed by atoms with Crippen molar-refractivity contribution in [2.24, 2.45) is 0 Å². The van der Waals surface area contributed by atoms with Gasteiger partial charge in [0.15, 0.2) is 0 Å². The second kappa shape index (κ2) is 7.36. The van der Waals surface area contributed by atoms with Crippen molar-refractivity contribution in [3.05, 3.63) is 43.8 Å². The molecule has 0 unspecified atom stereocenters. The summed E-state index contributed by atoms with van der Waals surface area (Å²) in [6, 6.07) is 5.11. The predicted octanol–water partition coefficient (Wildman–Crippen LogP) is 4.25. The number of nitrogens with one attached hydrogen (secondary N) is 1. The van der Waals surface area contributed by atoms with Crippen molar-refractivity contribution in [3.63, 3.8) is 0 Å². The molecule has 0 bridgehead atoms. The summed E-state index contributed by atoms with van der Waals surface area (Å²) in [4.78, 5) is 5.27. The third kappa shape index (κ3) is 4.70. The lowest BCUT2D eigenvalue weighted by molar-refractivity contribution is 0.319. The summed E-state index contributed by atoms with van der Waals surface area (Å²) in [6.07, 6.45) is 0. The normalized spacial score (nSPS) is 11.7. The van der Waals surface area contributed by atoms with Crippen LogP contribution in [0.5, 0.6) is 0 Å². The van der Waals surface area contributed by atoms with Crippen molar-refractivity contribution >= 4 is 22.7 Å². The number of nitrogens with zero attached hydrogens (tertiary/aromatic N) is 1. The Labute approximate surface area is 130 Å². The van der Waals surface area contributed by atoms with E-state index in [4.69, 9.17) is 0 Å². The van der Waals surface area contributed by atoms with Crippen molar-refractivity contribution in [1.29, 1.82) is 0 Å². The topological polar surface area (TPSA) is 15.3 Å². The summed E-state index contributed by atoms with van der Waals surface area (Å²) in [5.74, 6) is 0. The van der Waals surface area contributed by atoms with E-state index in [0.717, 1.165) is 19.6 Å². The molecule has 2 aromatic rings. The maximum atomic E-state index is 3.49. The van der Waals surface area contributed by atoms with E-state index in [1.165, 1.54) is 20.9 Å². The summed E-state index contributed by atoms with van der Waals surface area (Å²) in [6.45, 7) is 9.65. The van der Waals surface area contributed by atoms with E-state index in [0.29, 0.717) is 6.04 Å². The third-order valence-corrected chi connectivity index (χ3v) is 5.05.